The SMILES string of the molecule is C#CCn1c(CC)nc2sc(-c3ccccc3)cc2c1=O. The molecule has 0 amide bonds. The third-order valence-electron chi connectivity index (χ3n) is 3.35. The van der Waals surface area contributed by atoms with Gasteiger partial charge in [0.15, 0.2) is 0 Å². The van der Waals surface area contributed by atoms with Gasteiger partial charge < -0.3 is 0 Å². The predicted octanol–water partition coefficient (Wildman–Crippen LogP) is 3.32. The number of rotatable bonds is 3. The predicted molar refractivity (Wildman–Crippen MR) is 87.5 cm³/mol. The molecule has 0 atom stereocenters. The molecule has 104 valence electrons. The molecule has 3 nitrogen and oxygen atoms in total. The van der Waals surface area contributed by atoms with E-state index in [1.807, 2.05) is 43.3 Å². The normalized spacial score (nSPS) is 10.7. The molecule has 0 saturated carbocycles. The van der Waals surface area contributed by atoms with E-state index >= 15 is 0 Å². The van der Waals surface area contributed by atoms with Crippen molar-refractivity contribution in [3.63, 3.8) is 0 Å². The first kappa shape index (κ1) is 13.6. The van der Waals surface area contributed by atoms with Gasteiger partial charge in [-0.05, 0) is 11.6 Å². The molecule has 1 aromatic carbocycles. The molecular formula is C17H14N2OS. The average Bonchev–Trinajstić information content (AvgIpc) is 2.95. The van der Waals surface area contributed by atoms with Crippen LogP contribution in [0, 0.1) is 12.3 Å². The number of benzene rings is 1. The second-order valence-electron chi connectivity index (χ2n) is 4.67. The van der Waals surface area contributed by atoms with Crippen molar-refractivity contribution in [3.8, 4) is 22.8 Å². The first-order chi connectivity index (χ1) is 10.2. The van der Waals surface area contributed by atoms with Gasteiger partial charge in [-0.3, -0.25) is 9.36 Å². The molecule has 0 N–H and O–H groups in total. The minimum Gasteiger partial charge on any atom is -0.284 e. The molecule has 0 fully saturated rings. The van der Waals surface area contributed by atoms with E-state index in [9.17, 15) is 4.79 Å². The van der Waals surface area contributed by atoms with Crippen molar-refractivity contribution < 1.29 is 0 Å². The fraction of sp³-hybridized carbons (Fsp3) is 0.176. The second-order valence-corrected chi connectivity index (χ2v) is 5.70. The highest BCUT2D eigenvalue weighted by Crippen LogP contribution is 2.30. The molecular weight excluding hydrogens is 280 g/mol. The summed E-state index contributed by atoms with van der Waals surface area (Å²) in [6.07, 6.45) is 6.04. The average molecular weight is 294 g/mol. The minimum absolute atomic E-state index is 0.0479. The van der Waals surface area contributed by atoms with E-state index in [0.29, 0.717) is 11.8 Å². The summed E-state index contributed by atoms with van der Waals surface area (Å²) in [5.41, 5.74) is 1.05. The van der Waals surface area contributed by atoms with Gasteiger partial charge in [-0.25, -0.2) is 4.98 Å². The summed E-state index contributed by atoms with van der Waals surface area (Å²) in [5, 5.41) is 0.645. The molecule has 0 bridgehead atoms. The van der Waals surface area contributed by atoms with E-state index in [2.05, 4.69) is 10.9 Å². The summed E-state index contributed by atoms with van der Waals surface area (Å²) in [5.74, 6) is 3.27. The third-order valence-corrected chi connectivity index (χ3v) is 4.43. The van der Waals surface area contributed by atoms with E-state index in [-0.39, 0.29) is 12.1 Å². The zero-order valence-electron chi connectivity index (χ0n) is 11.7. The Morgan fingerprint density at radius 3 is 2.76 bits per heavy atom. The smallest absolute Gasteiger partial charge is 0.263 e. The number of thiophene rings is 1. The topological polar surface area (TPSA) is 34.9 Å². The number of hydrogen-bond acceptors (Lipinski definition) is 3. The summed E-state index contributed by atoms with van der Waals surface area (Å²) in [6.45, 7) is 2.24. The highest BCUT2D eigenvalue weighted by molar-refractivity contribution is 7.21. The summed E-state index contributed by atoms with van der Waals surface area (Å²) >= 11 is 1.54. The maximum atomic E-state index is 12.6. The third kappa shape index (κ3) is 2.37. The highest BCUT2D eigenvalue weighted by Gasteiger charge is 2.13. The molecule has 0 unspecified atom stereocenters. The highest BCUT2D eigenvalue weighted by atomic mass is 32.1. The van der Waals surface area contributed by atoms with Crippen molar-refractivity contribution in [2.24, 2.45) is 0 Å². The molecule has 0 aliphatic carbocycles. The van der Waals surface area contributed by atoms with Crippen LogP contribution in [-0.2, 0) is 13.0 Å². The van der Waals surface area contributed by atoms with Crippen LogP contribution in [-0.4, -0.2) is 9.55 Å². The van der Waals surface area contributed by atoms with Gasteiger partial charge in [0.2, 0.25) is 0 Å². The van der Waals surface area contributed by atoms with Crippen LogP contribution < -0.4 is 5.56 Å². The Bertz CT molecular complexity index is 885. The largest absolute Gasteiger partial charge is 0.284 e. The van der Waals surface area contributed by atoms with E-state index < -0.39 is 0 Å². The molecule has 0 aliphatic heterocycles. The van der Waals surface area contributed by atoms with Gasteiger partial charge in [0, 0.05) is 11.3 Å². The quantitative estimate of drug-likeness (QED) is 0.695. The second kappa shape index (κ2) is 5.55. The number of terminal acetylenes is 1. The zero-order chi connectivity index (χ0) is 14.8. The van der Waals surface area contributed by atoms with Crippen LogP contribution in [0.15, 0.2) is 41.2 Å². The van der Waals surface area contributed by atoms with Crippen LogP contribution >= 0.6 is 11.3 Å². The lowest BCUT2D eigenvalue weighted by Gasteiger charge is -2.06. The Kier molecular flexibility index (Phi) is 3.59. The Morgan fingerprint density at radius 2 is 2.10 bits per heavy atom. The summed E-state index contributed by atoms with van der Waals surface area (Å²) in [4.78, 5) is 19.0. The summed E-state index contributed by atoms with van der Waals surface area (Å²) in [6, 6.07) is 11.9. The molecule has 2 aromatic heterocycles. The van der Waals surface area contributed by atoms with Crippen LogP contribution in [0.4, 0.5) is 0 Å². The first-order valence-electron chi connectivity index (χ1n) is 6.76. The Labute approximate surface area is 126 Å². The van der Waals surface area contributed by atoms with Crippen LogP contribution in [0.2, 0.25) is 0 Å². The van der Waals surface area contributed by atoms with Crippen molar-refractivity contribution in [1.82, 2.24) is 9.55 Å². The Balaban J connectivity index is 2.25. The van der Waals surface area contributed by atoms with Crippen LogP contribution in [0.3, 0.4) is 0 Å². The number of fused-ring (bicyclic) bond motifs is 1. The van der Waals surface area contributed by atoms with Crippen LogP contribution in [0.1, 0.15) is 12.7 Å². The van der Waals surface area contributed by atoms with Gasteiger partial charge in [-0.2, -0.15) is 0 Å². The zero-order valence-corrected chi connectivity index (χ0v) is 12.5. The van der Waals surface area contributed by atoms with Gasteiger partial charge in [0.25, 0.3) is 5.56 Å². The van der Waals surface area contributed by atoms with Crippen molar-refractivity contribution in [2.75, 3.05) is 0 Å². The van der Waals surface area contributed by atoms with Crippen LogP contribution in [0.5, 0.6) is 0 Å². The maximum Gasteiger partial charge on any atom is 0.263 e. The lowest BCUT2D eigenvalue weighted by molar-refractivity contribution is 0.712. The lowest BCUT2D eigenvalue weighted by Crippen LogP contribution is -2.24. The fourth-order valence-electron chi connectivity index (χ4n) is 2.33. The number of aromatic nitrogens is 2. The molecule has 3 aromatic rings. The van der Waals surface area contributed by atoms with Gasteiger partial charge >= 0.3 is 0 Å². The number of nitrogens with zero attached hydrogens (tertiary/aromatic N) is 2. The van der Waals surface area contributed by atoms with Gasteiger partial charge in [-0.15, -0.1) is 17.8 Å². The van der Waals surface area contributed by atoms with Gasteiger partial charge in [0.05, 0.1) is 11.9 Å². The Hall–Kier alpha value is -2.38. The van der Waals surface area contributed by atoms with E-state index in [1.165, 1.54) is 0 Å². The van der Waals surface area contributed by atoms with Crippen molar-refractivity contribution >= 4 is 21.6 Å². The monoisotopic (exact) mass is 294 g/mol. The van der Waals surface area contributed by atoms with Gasteiger partial charge in [0.1, 0.15) is 10.7 Å². The molecule has 0 saturated heterocycles. The summed E-state index contributed by atoms with van der Waals surface area (Å²) in [7, 11) is 0. The maximum absolute atomic E-state index is 12.6. The summed E-state index contributed by atoms with van der Waals surface area (Å²) < 4.78 is 1.59. The molecule has 21 heavy (non-hydrogen) atoms. The lowest BCUT2D eigenvalue weighted by atomic mass is 10.2. The fourth-order valence-corrected chi connectivity index (χ4v) is 3.37. The van der Waals surface area contributed by atoms with Crippen molar-refractivity contribution in [3.05, 3.63) is 52.6 Å². The minimum atomic E-state index is -0.0479. The Morgan fingerprint density at radius 1 is 1.33 bits per heavy atom. The van der Waals surface area contributed by atoms with Crippen molar-refractivity contribution in [2.45, 2.75) is 19.9 Å². The van der Waals surface area contributed by atoms with E-state index in [0.717, 1.165) is 21.1 Å². The van der Waals surface area contributed by atoms with Gasteiger partial charge in [-0.1, -0.05) is 43.2 Å². The molecule has 2 heterocycles. The number of hydrogen-bond donors (Lipinski definition) is 0. The standard InChI is InChI=1S/C17H14N2OS/c1-3-10-19-15(4-2)18-16-13(17(19)20)11-14(21-16)12-8-6-5-7-9-12/h1,5-9,11H,4,10H2,2H3. The number of aryl methyl sites for hydroxylation is 1. The molecule has 0 spiro atoms. The van der Waals surface area contributed by atoms with E-state index in [4.69, 9.17) is 6.42 Å². The molecule has 4 heteroatoms. The van der Waals surface area contributed by atoms with Crippen LogP contribution in [0.25, 0.3) is 20.7 Å². The van der Waals surface area contributed by atoms with E-state index in [1.54, 1.807) is 15.9 Å². The van der Waals surface area contributed by atoms with Crippen molar-refractivity contribution in [1.29, 1.82) is 0 Å². The molecule has 0 aliphatic rings. The molecule has 3 rings (SSSR count). The molecule has 0 radical (unpaired) electrons. The first-order valence-corrected chi connectivity index (χ1v) is 7.58.